The Hall–Kier alpha value is 0.380. The second-order valence-electron chi connectivity index (χ2n) is 2.55. The molecule has 0 aromatic carbocycles. The average Bonchev–Trinajstić information content (AvgIpc) is 1.87. The summed E-state index contributed by atoms with van der Waals surface area (Å²) < 4.78 is 0. The van der Waals surface area contributed by atoms with E-state index in [1.165, 1.54) is 12.2 Å². The molecule has 1 unspecified atom stereocenters. The van der Waals surface area contributed by atoms with Crippen molar-refractivity contribution in [2.45, 2.75) is 20.3 Å². The van der Waals surface area contributed by atoms with Crippen LogP contribution in [0.25, 0.3) is 0 Å². The number of rotatable bonds is 5. The molecule has 10 heavy (non-hydrogen) atoms. The van der Waals surface area contributed by atoms with Gasteiger partial charge in [0.2, 0.25) is 0 Å². The molecule has 0 nitrogen and oxygen atoms in total. The lowest BCUT2D eigenvalue weighted by Gasteiger charge is -2.05. The maximum atomic E-state index is 5.59. The first-order valence-corrected chi connectivity index (χ1v) is 5.11. The molecule has 0 aliphatic carbocycles. The van der Waals surface area contributed by atoms with E-state index in [2.05, 4.69) is 20.4 Å². The summed E-state index contributed by atoms with van der Waals surface area (Å²) in [7, 11) is 0. The Kier molecular flexibility index (Phi) is 6.35. The van der Waals surface area contributed by atoms with Crippen molar-refractivity contribution in [1.29, 1.82) is 0 Å². The summed E-state index contributed by atoms with van der Waals surface area (Å²) in [6, 6.07) is 0. The molecule has 0 aromatic rings. The average molecular weight is 179 g/mol. The number of hydrogen-bond acceptors (Lipinski definition) is 1. The van der Waals surface area contributed by atoms with Crippen LogP contribution in [0.3, 0.4) is 0 Å². The Labute approximate surface area is 73.0 Å². The molecule has 1 atom stereocenters. The van der Waals surface area contributed by atoms with Crippen molar-refractivity contribution >= 4 is 23.4 Å². The summed E-state index contributed by atoms with van der Waals surface area (Å²) in [5.41, 5.74) is 0. The highest BCUT2D eigenvalue weighted by atomic mass is 35.5. The van der Waals surface area contributed by atoms with Gasteiger partial charge in [0.1, 0.15) is 0 Å². The molecule has 0 radical (unpaired) electrons. The first-order chi connectivity index (χ1) is 4.66. The Morgan fingerprint density at radius 2 is 2.30 bits per heavy atom. The molecule has 2 heteroatoms. The summed E-state index contributed by atoms with van der Waals surface area (Å²) in [4.78, 5) is 0. The Morgan fingerprint density at radius 1 is 1.70 bits per heavy atom. The molecule has 0 saturated heterocycles. The highest BCUT2D eigenvalue weighted by molar-refractivity contribution is 7.99. The molecule has 0 heterocycles. The summed E-state index contributed by atoms with van der Waals surface area (Å²) in [6.07, 6.45) is 1.25. The van der Waals surface area contributed by atoms with Gasteiger partial charge in [-0.1, -0.05) is 38.4 Å². The highest BCUT2D eigenvalue weighted by Gasteiger charge is 1.98. The van der Waals surface area contributed by atoms with E-state index in [1.54, 1.807) is 0 Å². The third kappa shape index (κ3) is 6.50. The van der Waals surface area contributed by atoms with Crippen LogP contribution in [0.4, 0.5) is 0 Å². The lowest BCUT2D eigenvalue weighted by Crippen LogP contribution is -1.95. The summed E-state index contributed by atoms with van der Waals surface area (Å²) in [5.74, 6) is 2.90. The zero-order chi connectivity index (χ0) is 7.98. The van der Waals surface area contributed by atoms with Gasteiger partial charge in [0.15, 0.2) is 0 Å². The third-order valence-corrected chi connectivity index (χ3v) is 3.01. The predicted molar refractivity (Wildman–Crippen MR) is 51.8 cm³/mol. The van der Waals surface area contributed by atoms with Gasteiger partial charge in [-0.05, 0) is 11.7 Å². The van der Waals surface area contributed by atoms with Crippen LogP contribution < -0.4 is 0 Å². The second-order valence-corrected chi connectivity index (χ2v) is 4.11. The minimum Gasteiger partial charge on any atom is -0.156 e. The van der Waals surface area contributed by atoms with E-state index >= 15 is 0 Å². The van der Waals surface area contributed by atoms with Gasteiger partial charge in [-0.3, -0.25) is 0 Å². The van der Waals surface area contributed by atoms with Crippen LogP contribution in [0.2, 0.25) is 0 Å². The maximum absolute atomic E-state index is 5.59. The fourth-order valence-corrected chi connectivity index (χ4v) is 1.70. The van der Waals surface area contributed by atoms with E-state index in [4.69, 9.17) is 11.6 Å². The van der Waals surface area contributed by atoms with E-state index in [0.717, 1.165) is 16.7 Å². The normalized spacial score (nSPS) is 13.1. The van der Waals surface area contributed by atoms with E-state index < -0.39 is 0 Å². The Balaban J connectivity index is 3.11. The van der Waals surface area contributed by atoms with Gasteiger partial charge in [-0.15, -0.1) is 0 Å². The number of halogens is 1. The fourth-order valence-electron chi connectivity index (χ4n) is 0.489. The van der Waals surface area contributed by atoms with Gasteiger partial charge < -0.3 is 0 Å². The molecule has 0 saturated carbocycles. The molecule has 0 N–H and O–H groups in total. The van der Waals surface area contributed by atoms with Gasteiger partial charge in [0.05, 0.1) is 0 Å². The van der Waals surface area contributed by atoms with Gasteiger partial charge in [0, 0.05) is 10.8 Å². The third-order valence-electron chi connectivity index (χ3n) is 1.36. The highest BCUT2D eigenvalue weighted by Crippen LogP contribution is 2.14. The van der Waals surface area contributed by atoms with E-state index in [1.807, 2.05) is 11.8 Å². The topological polar surface area (TPSA) is 0 Å². The zero-order valence-corrected chi connectivity index (χ0v) is 8.26. The van der Waals surface area contributed by atoms with E-state index in [-0.39, 0.29) is 0 Å². The largest absolute Gasteiger partial charge is 0.156 e. The van der Waals surface area contributed by atoms with Gasteiger partial charge >= 0.3 is 0 Å². The van der Waals surface area contributed by atoms with Gasteiger partial charge in [-0.25, -0.2) is 0 Å². The van der Waals surface area contributed by atoms with Crippen LogP contribution >= 0.6 is 23.4 Å². The van der Waals surface area contributed by atoms with Crippen LogP contribution in [-0.2, 0) is 0 Å². The SMILES string of the molecule is C=C(Cl)CSCC(C)CC. The number of hydrogen-bond donors (Lipinski definition) is 0. The molecular weight excluding hydrogens is 164 g/mol. The van der Waals surface area contributed by atoms with Crippen LogP contribution in [0.1, 0.15) is 20.3 Å². The van der Waals surface area contributed by atoms with Crippen molar-refractivity contribution in [1.82, 2.24) is 0 Å². The summed E-state index contributed by atoms with van der Waals surface area (Å²) in [6.45, 7) is 8.09. The first-order valence-electron chi connectivity index (χ1n) is 3.57. The minimum atomic E-state index is 0.758. The standard InChI is InChI=1S/C8H15ClS/c1-4-7(2)5-10-6-8(3)9/h7H,3-6H2,1-2H3. The molecule has 0 aliphatic rings. The van der Waals surface area contributed by atoms with Crippen molar-refractivity contribution in [2.75, 3.05) is 11.5 Å². The molecule has 60 valence electrons. The van der Waals surface area contributed by atoms with Crippen LogP contribution in [0.15, 0.2) is 11.6 Å². The van der Waals surface area contributed by atoms with Gasteiger partial charge in [-0.2, -0.15) is 11.8 Å². The molecule has 0 aliphatic heterocycles. The predicted octanol–water partition coefficient (Wildman–Crippen LogP) is 3.52. The van der Waals surface area contributed by atoms with Crippen LogP contribution in [-0.4, -0.2) is 11.5 Å². The van der Waals surface area contributed by atoms with E-state index in [0.29, 0.717) is 0 Å². The summed E-state index contributed by atoms with van der Waals surface area (Å²) in [5, 5.41) is 0.758. The first kappa shape index (κ1) is 10.4. The Morgan fingerprint density at radius 3 is 2.70 bits per heavy atom. The van der Waals surface area contributed by atoms with Crippen molar-refractivity contribution in [3.63, 3.8) is 0 Å². The van der Waals surface area contributed by atoms with Crippen LogP contribution in [0, 0.1) is 5.92 Å². The Bertz CT molecular complexity index is 101. The maximum Gasteiger partial charge on any atom is 0.0286 e. The molecule has 0 amide bonds. The quantitative estimate of drug-likeness (QED) is 0.621. The zero-order valence-electron chi connectivity index (χ0n) is 6.69. The van der Waals surface area contributed by atoms with Crippen molar-refractivity contribution in [3.05, 3.63) is 11.6 Å². The van der Waals surface area contributed by atoms with Crippen molar-refractivity contribution < 1.29 is 0 Å². The molecule has 0 rings (SSSR count). The van der Waals surface area contributed by atoms with Crippen LogP contribution in [0.5, 0.6) is 0 Å². The second kappa shape index (κ2) is 6.11. The van der Waals surface area contributed by atoms with Crippen molar-refractivity contribution in [3.8, 4) is 0 Å². The minimum absolute atomic E-state index is 0.758. The van der Waals surface area contributed by atoms with E-state index in [9.17, 15) is 0 Å². The summed E-state index contributed by atoms with van der Waals surface area (Å²) >= 11 is 7.45. The lowest BCUT2D eigenvalue weighted by atomic mass is 10.2. The molecule has 0 fully saturated rings. The van der Waals surface area contributed by atoms with Crippen molar-refractivity contribution in [2.24, 2.45) is 5.92 Å². The van der Waals surface area contributed by atoms with Gasteiger partial charge in [0.25, 0.3) is 0 Å². The molecule has 0 bridgehead atoms. The molecular formula is C8H15ClS. The monoisotopic (exact) mass is 178 g/mol. The smallest absolute Gasteiger partial charge is 0.0286 e. The molecule has 0 spiro atoms. The number of thioether (sulfide) groups is 1. The molecule has 0 aromatic heterocycles. The fraction of sp³-hybridized carbons (Fsp3) is 0.750. The lowest BCUT2D eigenvalue weighted by molar-refractivity contribution is 0.637.